The maximum absolute atomic E-state index is 11.9. The van der Waals surface area contributed by atoms with Crippen LogP contribution in [-0.4, -0.2) is 56.2 Å². The second-order valence-electron chi connectivity index (χ2n) is 4.93. The van der Waals surface area contributed by atoms with Crippen molar-refractivity contribution in [2.24, 2.45) is 0 Å². The summed E-state index contributed by atoms with van der Waals surface area (Å²) in [5.74, 6) is 0.246. The van der Waals surface area contributed by atoms with Crippen molar-refractivity contribution < 1.29 is 19.1 Å². The molecule has 0 radical (unpaired) electrons. The summed E-state index contributed by atoms with van der Waals surface area (Å²) in [6.45, 7) is 2.30. The number of nitrogens with one attached hydrogen (secondary N) is 1. The second kappa shape index (κ2) is 8.14. The van der Waals surface area contributed by atoms with Crippen molar-refractivity contribution in [3.05, 3.63) is 28.7 Å². The van der Waals surface area contributed by atoms with E-state index in [2.05, 4.69) is 26.0 Å². The summed E-state index contributed by atoms with van der Waals surface area (Å²) < 4.78 is 11.3. The minimum atomic E-state index is -0.491. The van der Waals surface area contributed by atoms with Crippen molar-refractivity contribution in [2.75, 3.05) is 33.4 Å². The van der Waals surface area contributed by atoms with Gasteiger partial charge in [-0.3, -0.25) is 14.5 Å². The molecule has 0 aromatic heterocycles. The number of esters is 1. The average Bonchev–Trinajstić information content (AvgIpc) is 2.52. The molecule has 1 heterocycles. The van der Waals surface area contributed by atoms with Crippen LogP contribution in [0.5, 0.6) is 5.75 Å². The first kappa shape index (κ1) is 16.8. The van der Waals surface area contributed by atoms with E-state index in [4.69, 9.17) is 4.74 Å². The summed E-state index contributed by atoms with van der Waals surface area (Å²) >= 11 is 3.37. The normalized spacial score (nSPS) is 18.6. The Kier molecular flexibility index (Phi) is 6.21. The van der Waals surface area contributed by atoms with Crippen LogP contribution in [0.25, 0.3) is 0 Å². The van der Waals surface area contributed by atoms with E-state index in [1.54, 1.807) is 0 Å². The van der Waals surface area contributed by atoms with Crippen molar-refractivity contribution >= 4 is 27.8 Å². The van der Waals surface area contributed by atoms with Crippen molar-refractivity contribution in [3.63, 3.8) is 0 Å². The van der Waals surface area contributed by atoms with Gasteiger partial charge in [0.2, 0.25) is 5.91 Å². The summed E-state index contributed by atoms with van der Waals surface area (Å²) in [6, 6.07) is 7.07. The van der Waals surface area contributed by atoms with Gasteiger partial charge in [-0.05, 0) is 24.3 Å². The number of amides is 1. The van der Waals surface area contributed by atoms with Gasteiger partial charge >= 0.3 is 5.97 Å². The molecular weight excluding hydrogens is 352 g/mol. The summed E-state index contributed by atoms with van der Waals surface area (Å²) in [5, 5.41) is 2.77. The maximum Gasteiger partial charge on any atom is 0.307 e. The Labute approximate surface area is 137 Å². The van der Waals surface area contributed by atoms with Crippen molar-refractivity contribution in [3.8, 4) is 5.75 Å². The van der Waals surface area contributed by atoms with Crippen LogP contribution >= 0.6 is 15.9 Å². The van der Waals surface area contributed by atoms with E-state index >= 15 is 0 Å². The number of rotatable bonds is 6. The molecule has 1 N–H and O–H groups in total. The summed E-state index contributed by atoms with van der Waals surface area (Å²) in [4.78, 5) is 25.3. The summed E-state index contributed by atoms with van der Waals surface area (Å²) in [7, 11) is 1.32. The third-order valence-corrected chi connectivity index (χ3v) is 4.02. The standard InChI is InChI=1S/C15H19BrN2O4/c1-21-14(19)10-13-15(20)17-6-7-18(13)8-9-22-12-4-2-11(16)3-5-12/h2-5,13H,6-10H2,1H3,(H,17,20)/t13-/m1/s1. The molecule has 1 aromatic rings. The Bertz CT molecular complexity index is 521. The number of carbonyl (C=O) groups excluding carboxylic acids is 2. The smallest absolute Gasteiger partial charge is 0.307 e. The van der Waals surface area contributed by atoms with Crippen molar-refractivity contribution in [1.82, 2.24) is 10.2 Å². The first-order chi connectivity index (χ1) is 10.6. The Morgan fingerprint density at radius 1 is 1.41 bits per heavy atom. The first-order valence-corrected chi connectivity index (χ1v) is 7.86. The monoisotopic (exact) mass is 370 g/mol. The highest BCUT2D eigenvalue weighted by molar-refractivity contribution is 9.10. The molecule has 0 spiro atoms. The minimum absolute atomic E-state index is 0.0562. The largest absolute Gasteiger partial charge is 0.492 e. The lowest BCUT2D eigenvalue weighted by molar-refractivity contribution is -0.146. The predicted octanol–water partition coefficient (Wildman–Crippen LogP) is 1.19. The lowest BCUT2D eigenvalue weighted by Crippen LogP contribution is -2.56. The van der Waals surface area contributed by atoms with Crippen molar-refractivity contribution in [2.45, 2.75) is 12.5 Å². The van der Waals surface area contributed by atoms with Gasteiger partial charge in [0, 0.05) is 24.1 Å². The molecule has 0 bridgehead atoms. The number of benzene rings is 1. The van der Waals surface area contributed by atoms with Gasteiger partial charge in [0.05, 0.1) is 19.6 Å². The topological polar surface area (TPSA) is 67.9 Å². The summed E-state index contributed by atoms with van der Waals surface area (Å²) in [5.41, 5.74) is 0. The van der Waals surface area contributed by atoms with E-state index in [0.717, 1.165) is 10.2 Å². The highest BCUT2D eigenvalue weighted by Crippen LogP contribution is 2.16. The Hall–Kier alpha value is -1.60. The molecule has 22 heavy (non-hydrogen) atoms. The number of nitrogens with zero attached hydrogens (tertiary/aromatic N) is 1. The van der Waals surface area contributed by atoms with Crippen LogP contribution < -0.4 is 10.1 Å². The minimum Gasteiger partial charge on any atom is -0.492 e. The van der Waals surface area contributed by atoms with Gasteiger partial charge in [-0.2, -0.15) is 0 Å². The molecule has 1 saturated heterocycles. The molecule has 0 aliphatic carbocycles. The van der Waals surface area contributed by atoms with Gasteiger partial charge < -0.3 is 14.8 Å². The zero-order chi connectivity index (χ0) is 15.9. The number of carbonyl (C=O) groups is 2. The first-order valence-electron chi connectivity index (χ1n) is 7.07. The van der Waals surface area contributed by atoms with E-state index in [1.807, 2.05) is 29.2 Å². The molecule has 6 nitrogen and oxygen atoms in total. The number of hydrogen-bond donors (Lipinski definition) is 1. The highest BCUT2D eigenvalue weighted by Gasteiger charge is 2.31. The zero-order valence-corrected chi connectivity index (χ0v) is 14.0. The van der Waals surface area contributed by atoms with E-state index < -0.39 is 6.04 Å². The molecule has 7 heteroatoms. The van der Waals surface area contributed by atoms with Crippen LogP contribution in [-0.2, 0) is 14.3 Å². The van der Waals surface area contributed by atoms with Gasteiger partial charge in [0.1, 0.15) is 12.4 Å². The highest BCUT2D eigenvalue weighted by atomic mass is 79.9. The molecule has 1 aromatic carbocycles. The number of halogens is 1. The number of ether oxygens (including phenoxy) is 2. The number of hydrogen-bond acceptors (Lipinski definition) is 5. The van der Waals surface area contributed by atoms with Gasteiger partial charge in [0.15, 0.2) is 0 Å². The van der Waals surface area contributed by atoms with E-state index in [0.29, 0.717) is 26.2 Å². The molecule has 2 rings (SSSR count). The molecule has 1 atom stereocenters. The molecule has 1 amide bonds. The lowest BCUT2D eigenvalue weighted by atomic mass is 10.1. The fourth-order valence-electron chi connectivity index (χ4n) is 2.30. The molecule has 0 unspecified atom stereocenters. The van der Waals surface area contributed by atoms with Crippen LogP contribution in [0, 0.1) is 0 Å². The molecule has 120 valence electrons. The van der Waals surface area contributed by atoms with E-state index in [9.17, 15) is 9.59 Å². The molecule has 1 aliphatic heterocycles. The number of piperazine rings is 1. The van der Waals surface area contributed by atoms with Gasteiger partial charge in [-0.15, -0.1) is 0 Å². The quantitative estimate of drug-likeness (QED) is 0.761. The molecule has 1 aliphatic rings. The lowest BCUT2D eigenvalue weighted by Gasteiger charge is -2.34. The Morgan fingerprint density at radius 3 is 2.82 bits per heavy atom. The Balaban J connectivity index is 1.87. The molecule has 0 saturated carbocycles. The Morgan fingerprint density at radius 2 is 2.14 bits per heavy atom. The summed E-state index contributed by atoms with van der Waals surface area (Å²) in [6.07, 6.45) is 0.0562. The second-order valence-corrected chi connectivity index (χ2v) is 5.84. The maximum atomic E-state index is 11.9. The van der Waals surface area contributed by atoms with Crippen LogP contribution in [0.1, 0.15) is 6.42 Å². The third kappa shape index (κ3) is 4.71. The molecule has 1 fully saturated rings. The fourth-order valence-corrected chi connectivity index (χ4v) is 2.57. The SMILES string of the molecule is COC(=O)C[C@@H]1C(=O)NCCN1CCOc1ccc(Br)cc1. The number of methoxy groups -OCH3 is 1. The predicted molar refractivity (Wildman–Crippen MR) is 84.6 cm³/mol. The van der Waals surface area contributed by atoms with Crippen LogP contribution in [0.15, 0.2) is 28.7 Å². The van der Waals surface area contributed by atoms with Gasteiger partial charge in [-0.1, -0.05) is 15.9 Å². The van der Waals surface area contributed by atoms with Gasteiger partial charge in [0.25, 0.3) is 0 Å². The average molecular weight is 371 g/mol. The van der Waals surface area contributed by atoms with Crippen LogP contribution in [0.3, 0.4) is 0 Å². The fraction of sp³-hybridized carbons (Fsp3) is 0.467. The zero-order valence-electron chi connectivity index (χ0n) is 12.4. The van der Waals surface area contributed by atoms with Gasteiger partial charge in [-0.25, -0.2) is 0 Å². The molecular formula is C15H19BrN2O4. The van der Waals surface area contributed by atoms with Crippen LogP contribution in [0.4, 0.5) is 0 Å². The van der Waals surface area contributed by atoms with Crippen LogP contribution in [0.2, 0.25) is 0 Å². The van der Waals surface area contributed by atoms with E-state index in [1.165, 1.54) is 7.11 Å². The van der Waals surface area contributed by atoms with E-state index in [-0.39, 0.29) is 18.3 Å². The van der Waals surface area contributed by atoms with Crippen molar-refractivity contribution in [1.29, 1.82) is 0 Å². The third-order valence-electron chi connectivity index (χ3n) is 3.49.